The van der Waals surface area contributed by atoms with Crippen molar-refractivity contribution in [1.29, 1.82) is 0 Å². The van der Waals surface area contributed by atoms with Gasteiger partial charge < -0.3 is 9.84 Å². The molecule has 0 aliphatic carbocycles. The van der Waals surface area contributed by atoms with Crippen molar-refractivity contribution in [1.82, 2.24) is 10.2 Å². The van der Waals surface area contributed by atoms with E-state index in [1.807, 2.05) is 0 Å². The summed E-state index contributed by atoms with van der Waals surface area (Å²) in [5, 5.41) is 5.22. The van der Waals surface area contributed by atoms with Gasteiger partial charge >= 0.3 is 5.97 Å². The Morgan fingerprint density at radius 3 is 2.53 bits per heavy atom. The highest BCUT2D eigenvalue weighted by atomic mass is 79.9. The van der Waals surface area contributed by atoms with Crippen LogP contribution in [0.3, 0.4) is 0 Å². The van der Waals surface area contributed by atoms with Crippen LogP contribution >= 0.6 is 15.9 Å². The van der Waals surface area contributed by atoms with Crippen molar-refractivity contribution in [3.05, 3.63) is 55.9 Å². The van der Waals surface area contributed by atoms with E-state index in [0.717, 1.165) is 10.2 Å². The van der Waals surface area contributed by atoms with Crippen molar-refractivity contribution in [2.75, 3.05) is 6.61 Å². The molecule has 2 rings (SSSR count). The molecule has 1 heterocycles. The molecule has 0 radical (unpaired) electrons. The quantitative estimate of drug-likeness (QED) is 0.846. The number of esters is 1. The van der Waals surface area contributed by atoms with Gasteiger partial charge in [-0.2, -0.15) is 0 Å². The van der Waals surface area contributed by atoms with Crippen molar-refractivity contribution < 1.29 is 9.53 Å². The van der Waals surface area contributed by atoms with Crippen molar-refractivity contribution in [3.8, 4) is 0 Å². The molecule has 1 aromatic heterocycles. The first-order chi connectivity index (χ1) is 9.08. The molecule has 0 bridgehead atoms. The molecule has 1 aromatic carbocycles. The van der Waals surface area contributed by atoms with Gasteiger partial charge in [0, 0.05) is 22.2 Å². The first-order valence-electron chi connectivity index (χ1n) is 5.76. The van der Waals surface area contributed by atoms with E-state index >= 15 is 0 Å². The molecule has 6 heteroatoms. The van der Waals surface area contributed by atoms with E-state index in [0.29, 0.717) is 17.5 Å². The Balaban J connectivity index is 1.91. The minimum absolute atomic E-state index is 0.169. The zero-order valence-corrected chi connectivity index (χ0v) is 11.9. The Kier molecular flexibility index (Phi) is 4.21. The SMILES string of the molecule is Cc1[nH][nH]c(=O)c1CCOC(=O)c1ccc(Br)cc1. The summed E-state index contributed by atoms with van der Waals surface area (Å²) in [6, 6.07) is 6.91. The molecular formula is C13H13BrN2O3. The minimum atomic E-state index is -0.392. The first-order valence-corrected chi connectivity index (χ1v) is 6.56. The van der Waals surface area contributed by atoms with Gasteiger partial charge in [0.05, 0.1) is 12.2 Å². The smallest absolute Gasteiger partial charge is 0.338 e. The van der Waals surface area contributed by atoms with Gasteiger partial charge in [0.15, 0.2) is 0 Å². The number of hydrogen-bond donors (Lipinski definition) is 2. The summed E-state index contributed by atoms with van der Waals surface area (Å²) in [7, 11) is 0. The van der Waals surface area contributed by atoms with E-state index in [4.69, 9.17) is 4.74 Å². The number of carbonyl (C=O) groups excluding carboxylic acids is 1. The molecule has 2 N–H and O–H groups in total. The molecule has 0 aliphatic heterocycles. The number of hydrogen-bond acceptors (Lipinski definition) is 3. The Labute approximate surface area is 118 Å². The molecule has 0 saturated carbocycles. The van der Waals surface area contributed by atoms with Crippen LogP contribution in [-0.2, 0) is 11.2 Å². The fourth-order valence-corrected chi connectivity index (χ4v) is 1.95. The number of ether oxygens (including phenoxy) is 1. The van der Waals surface area contributed by atoms with Crippen LogP contribution in [0.2, 0.25) is 0 Å². The Morgan fingerprint density at radius 1 is 1.26 bits per heavy atom. The van der Waals surface area contributed by atoms with Crippen LogP contribution in [0.25, 0.3) is 0 Å². The summed E-state index contributed by atoms with van der Waals surface area (Å²) in [6.45, 7) is 1.97. The highest BCUT2D eigenvalue weighted by Crippen LogP contribution is 2.11. The fourth-order valence-electron chi connectivity index (χ4n) is 1.69. The molecule has 100 valence electrons. The topological polar surface area (TPSA) is 74.9 Å². The molecule has 0 unspecified atom stereocenters. The van der Waals surface area contributed by atoms with E-state index in [1.165, 1.54) is 0 Å². The summed E-state index contributed by atoms with van der Waals surface area (Å²) in [5.41, 5.74) is 1.70. The average molecular weight is 325 g/mol. The van der Waals surface area contributed by atoms with Crippen LogP contribution in [0.15, 0.2) is 33.5 Å². The normalized spacial score (nSPS) is 10.4. The molecule has 2 aromatic rings. The van der Waals surface area contributed by atoms with Crippen LogP contribution in [0.5, 0.6) is 0 Å². The van der Waals surface area contributed by atoms with E-state index in [2.05, 4.69) is 26.1 Å². The van der Waals surface area contributed by atoms with Gasteiger partial charge in [0.1, 0.15) is 0 Å². The molecule has 19 heavy (non-hydrogen) atoms. The van der Waals surface area contributed by atoms with E-state index < -0.39 is 5.97 Å². The molecule has 5 nitrogen and oxygen atoms in total. The van der Waals surface area contributed by atoms with Gasteiger partial charge in [-0.05, 0) is 31.2 Å². The third-order valence-corrected chi connectivity index (χ3v) is 3.28. The number of aromatic amines is 2. The lowest BCUT2D eigenvalue weighted by molar-refractivity contribution is 0.0509. The van der Waals surface area contributed by atoms with Crippen LogP contribution in [0, 0.1) is 6.92 Å². The monoisotopic (exact) mass is 324 g/mol. The van der Waals surface area contributed by atoms with Crippen molar-refractivity contribution in [2.24, 2.45) is 0 Å². The van der Waals surface area contributed by atoms with Crippen LogP contribution in [0.4, 0.5) is 0 Å². The predicted octanol–water partition coefficient (Wildman–Crippen LogP) is 2.17. The Morgan fingerprint density at radius 2 is 1.95 bits per heavy atom. The van der Waals surface area contributed by atoms with E-state index in [-0.39, 0.29) is 12.2 Å². The number of aromatic nitrogens is 2. The third kappa shape index (κ3) is 3.35. The number of aryl methyl sites for hydroxylation is 1. The zero-order chi connectivity index (χ0) is 13.8. The number of benzene rings is 1. The minimum Gasteiger partial charge on any atom is -0.462 e. The third-order valence-electron chi connectivity index (χ3n) is 2.76. The van der Waals surface area contributed by atoms with Crippen LogP contribution < -0.4 is 5.56 Å². The largest absolute Gasteiger partial charge is 0.462 e. The maximum Gasteiger partial charge on any atom is 0.338 e. The van der Waals surface area contributed by atoms with Gasteiger partial charge in [-0.1, -0.05) is 15.9 Å². The second-order valence-corrected chi connectivity index (χ2v) is 4.99. The average Bonchev–Trinajstić information content (AvgIpc) is 2.71. The standard InChI is InChI=1S/C13H13BrN2O3/c1-8-11(12(17)16-15-8)6-7-19-13(18)9-2-4-10(14)5-3-9/h2-5H,6-7H2,1H3,(H2,15,16,17). The second kappa shape index (κ2) is 5.88. The number of nitrogens with one attached hydrogen (secondary N) is 2. The Hall–Kier alpha value is -1.82. The number of H-pyrrole nitrogens is 2. The lowest BCUT2D eigenvalue weighted by Gasteiger charge is -2.04. The lowest BCUT2D eigenvalue weighted by Crippen LogP contribution is -2.13. The molecule has 0 spiro atoms. The maximum atomic E-state index is 11.7. The highest BCUT2D eigenvalue weighted by molar-refractivity contribution is 9.10. The maximum absolute atomic E-state index is 11.7. The van der Waals surface area contributed by atoms with Gasteiger partial charge in [0.2, 0.25) is 0 Å². The van der Waals surface area contributed by atoms with Gasteiger partial charge in [-0.25, -0.2) is 4.79 Å². The van der Waals surface area contributed by atoms with Crippen LogP contribution in [-0.4, -0.2) is 22.8 Å². The summed E-state index contributed by atoms with van der Waals surface area (Å²) in [4.78, 5) is 23.1. The van der Waals surface area contributed by atoms with Crippen LogP contribution in [0.1, 0.15) is 21.6 Å². The van der Waals surface area contributed by atoms with Gasteiger partial charge in [-0.15, -0.1) is 0 Å². The van der Waals surface area contributed by atoms with E-state index in [9.17, 15) is 9.59 Å². The van der Waals surface area contributed by atoms with Gasteiger partial charge in [0.25, 0.3) is 5.56 Å². The number of rotatable bonds is 4. The predicted molar refractivity (Wildman–Crippen MR) is 74.3 cm³/mol. The number of halogens is 1. The van der Waals surface area contributed by atoms with Crippen molar-refractivity contribution in [2.45, 2.75) is 13.3 Å². The molecule has 0 atom stereocenters. The molecule has 0 saturated heterocycles. The highest BCUT2D eigenvalue weighted by Gasteiger charge is 2.09. The molecule has 0 fully saturated rings. The lowest BCUT2D eigenvalue weighted by atomic mass is 10.2. The molecule has 0 amide bonds. The fraction of sp³-hybridized carbons (Fsp3) is 0.231. The molecular weight excluding hydrogens is 312 g/mol. The summed E-state index contributed by atoms with van der Waals surface area (Å²) in [6.07, 6.45) is 0.396. The first kappa shape index (κ1) is 13.6. The molecule has 0 aliphatic rings. The Bertz CT molecular complexity index is 628. The van der Waals surface area contributed by atoms with Crippen molar-refractivity contribution in [3.63, 3.8) is 0 Å². The summed E-state index contributed by atoms with van der Waals surface area (Å²) in [5.74, 6) is -0.392. The van der Waals surface area contributed by atoms with Crippen molar-refractivity contribution >= 4 is 21.9 Å². The number of carbonyl (C=O) groups is 1. The summed E-state index contributed by atoms with van der Waals surface area (Å²) >= 11 is 3.30. The van der Waals surface area contributed by atoms with E-state index in [1.54, 1.807) is 31.2 Å². The summed E-state index contributed by atoms with van der Waals surface area (Å²) < 4.78 is 6.03. The zero-order valence-electron chi connectivity index (χ0n) is 10.3. The second-order valence-electron chi connectivity index (χ2n) is 4.08. The van der Waals surface area contributed by atoms with Gasteiger partial charge in [-0.3, -0.25) is 9.89 Å².